The molecule has 0 aliphatic carbocycles. The van der Waals surface area contributed by atoms with E-state index in [-0.39, 0.29) is 17.6 Å². The molecule has 0 amide bonds. The molecule has 0 heterocycles. The number of Topliss-reactive ketones (excluding diaryl/α,β-unsaturated/α-hetero) is 1. The molecule has 0 aliphatic rings. The summed E-state index contributed by atoms with van der Waals surface area (Å²) in [7, 11) is 0. The van der Waals surface area contributed by atoms with E-state index in [9.17, 15) is 14.7 Å². The van der Waals surface area contributed by atoms with E-state index in [0.29, 0.717) is 12.1 Å². The van der Waals surface area contributed by atoms with Gasteiger partial charge in [0.15, 0.2) is 5.78 Å². The van der Waals surface area contributed by atoms with E-state index in [1.54, 1.807) is 17.4 Å². The number of rotatable bonds is 7. The first kappa shape index (κ1) is 18.9. The van der Waals surface area contributed by atoms with Crippen molar-refractivity contribution in [2.75, 3.05) is 0 Å². The van der Waals surface area contributed by atoms with Crippen LogP contribution in [0.5, 0.6) is 0 Å². The van der Waals surface area contributed by atoms with Crippen molar-refractivity contribution < 1.29 is 20.0 Å². The van der Waals surface area contributed by atoms with Crippen molar-refractivity contribution in [1.82, 2.24) is 0 Å². The Labute approximate surface area is 148 Å². The first-order valence-electron chi connectivity index (χ1n) is 8.49. The van der Waals surface area contributed by atoms with Gasteiger partial charge in [0.25, 0.3) is 0 Å². The quantitative estimate of drug-likeness (QED) is 0.776. The molecule has 2 aromatic rings. The van der Waals surface area contributed by atoms with Gasteiger partial charge < -0.3 is 15.2 Å². The molecule has 1 atom stereocenters. The Kier molecular flexibility index (Phi) is 6.10. The summed E-state index contributed by atoms with van der Waals surface area (Å²) in [5.74, 6) is -1.39. The van der Waals surface area contributed by atoms with Crippen molar-refractivity contribution in [2.45, 2.75) is 45.2 Å². The minimum atomic E-state index is -1.21. The second-order valence-corrected chi connectivity index (χ2v) is 7.31. The van der Waals surface area contributed by atoms with Crippen LogP contribution < -0.4 is 10.4 Å². The van der Waals surface area contributed by atoms with Crippen LogP contribution in [-0.2, 0) is 16.8 Å². The monoisotopic (exact) mass is 339 g/mol. The summed E-state index contributed by atoms with van der Waals surface area (Å²) in [4.78, 5) is 23.8. The first-order valence-corrected chi connectivity index (χ1v) is 8.49. The molecule has 0 fully saturated rings. The highest BCUT2D eigenvalue weighted by molar-refractivity contribution is 5.98. The topological polar surface area (TPSA) is 73.8 Å². The fraction of sp³-hybridized carbons (Fsp3) is 0.333. The Morgan fingerprint density at radius 1 is 1.00 bits per heavy atom. The van der Waals surface area contributed by atoms with Crippen LogP contribution in [0, 0.1) is 0 Å². The van der Waals surface area contributed by atoms with Gasteiger partial charge >= 0.3 is 0 Å². The number of carboxylic acids is 1. The molecule has 0 bridgehead atoms. The fourth-order valence-corrected chi connectivity index (χ4v) is 2.63. The number of aliphatic carboxylic acids is 1. The Hall–Kier alpha value is -2.46. The molecule has 0 aliphatic heterocycles. The molecule has 2 N–H and O–H groups in total. The molecule has 0 unspecified atom stereocenters. The van der Waals surface area contributed by atoms with E-state index >= 15 is 0 Å². The molecule has 4 heteroatoms. The predicted octanol–water partition coefficient (Wildman–Crippen LogP) is 1.44. The van der Waals surface area contributed by atoms with Crippen molar-refractivity contribution in [3.05, 3.63) is 71.3 Å². The molecular formula is C21H25NO3. The van der Waals surface area contributed by atoms with E-state index in [0.717, 1.165) is 11.1 Å². The molecule has 25 heavy (non-hydrogen) atoms. The van der Waals surface area contributed by atoms with Crippen LogP contribution in [0.2, 0.25) is 0 Å². The Morgan fingerprint density at radius 3 is 2.12 bits per heavy atom. The molecule has 132 valence electrons. The van der Waals surface area contributed by atoms with E-state index < -0.39 is 12.0 Å². The third-order valence-corrected chi connectivity index (χ3v) is 4.26. The molecule has 0 spiro atoms. The lowest BCUT2D eigenvalue weighted by atomic mass is 9.86. The van der Waals surface area contributed by atoms with Crippen molar-refractivity contribution in [1.29, 1.82) is 0 Å². The van der Waals surface area contributed by atoms with Crippen LogP contribution in [0.3, 0.4) is 0 Å². The zero-order chi connectivity index (χ0) is 18.4. The fourth-order valence-electron chi connectivity index (χ4n) is 2.63. The normalized spacial score (nSPS) is 12.6. The highest BCUT2D eigenvalue weighted by atomic mass is 16.4. The van der Waals surface area contributed by atoms with Crippen LogP contribution in [0.15, 0.2) is 54.6 Å². The number of carbonyl (C=O) groups excluding carboxylic acids is 2. The van der Waals surface area contributed by atoms with Gasteiger partial charge in [-0.1, -0.05) is 75.4 Å². The van der Waals surface area contributed by atoms with Crippen molar-refractivity contribution in [2.24, 2.45) is 0 Å². The summed E-state index contributed by atoms with van der Waals surface area (Å²) in [6, 6.07) is 16.1. The average Bonchev–Trinajstić information content (AvgIpc) is 2.58. The first-order chi connectivity index (χ1) is 11.8. The molecule has 4 nitrogen and oxygen atoms in total. The lowest BCUT2D eigenvalue weighted by molar-refractivity contribution is -0.697. The number of benzene rings is 2. The van der Waals surface area contributed by atoms with Gasteiger partial charge in [-0.05, 0) is 11.0 Å². The summed E-state index contributed by atoms with van der Waals surface area (Å²) in [5.41, 5.74) is 2.69. The number of hydrogen-bond donors (Lipinski definition) is 1. The maximum absolute atomic E-state index is 12.4. The molecule has 2 aromatic carbocycles. The summed E-state index contributed by atoms with van der Waals surface area (Å²) in [6.45, 7) is 6.81. The maximum atomic E-state index is 12.4. The Balaban J connectivity index is 2.01. The van der Waals surface area contributed by atoms with Crippen LogP contribution in [-0.4, -0.2) is 17.8 Å². The molecule has 0 aromatic heterocycles. The smallest absolute Gasteiger partial charge is 0.169 e. The molecule has 0 radical (unpaired) electrons. The highest BCUT2D eigenvalue weighted by Gasteiger charge is 2.20. The number of carboxylic acid groups (broad SMARTS) is 1. The number of hydrogen-bond acceptors (Lipinski definition) is 3. The second-order valence-electron chi connectivity index (χ2n) is 7.31. The van der Waals surface area contributed by atoms with Crippen molar-refractivity contribution in [3.8, 4) is 0 Å². The number of carbonyl (C=O) groups is 2. The van der Waals surface area contributed by atoms with Crippen molar-refractivity contribution >= 4 is 11.8 Å². The maximum Gasteiger partial charge on any atom is 0.169 e. The minimum Gasteiger partial charge on any atom is -0.544 e. The Morgan fingerprint density at radius 2 is 1.60 bits per heavy atom. The second kappa shape index (κ2) is 8.08. The SMILES string of the molecule is CC(C)(C)c1ccc(C(=O)C[C@H]([NH2+]Cc2ccccc2)C(=O)[O-])cc1. The highest BCUT2D eigenvalue weighted by Crippen LogP contribution is 2.22. The van der Waals surface area contributed by atoms with Gasteiger partial charge in [-0.2, -0.15) is 0 Å². The lowest BCUT2D eigenvalue weighted by Crippen LogP contribution is -2.92. The van der Waals surface area contributed by atoms with Gasteiger partial charge in [-0.25, -0.2) is 0 Å². The number of quaternary nitrogens is 1. The lowest BCUT2D eigenvalue weighted by Gasteiger charge is -2.19. The zero-order valence-corrected chi connectivity index (χ0v) is 15.0. The van der Waals surface area contributed by atoms with Gasteiger partial charge in [0.1, 0.15) is 12.6 Å². The van der Waals surface area contributed by atoms with Gasteiger partial charge in [0.2, 0.25) is 0 Å². The summed E-state index contributed by atoms with van der Waals surface area (Å²) in [6.07, 6.45) is -0.0793. The number of nitrogens with two attached hydrogens (primary N) is 1. The van der Waals surface area contributed by atoms with E-state index in [4.69, 9.17) is 0 Å². The van der Waals surface area contributed by atoms with Crippen LogP contribution in [0.4, 0.5) is 0 Å². The molecular weight excluding hydrogens is 314 g/mol. The standard InChI is InChI=1S/C21H25NO3/c1-21(2,3)17-11-9-16(10-12-17)19(23)13-18(20(24)25)22-14-15-7-5-4-6-8-15/h4-12,18,22H,13-14H2,1-3H3,(H,24,25)/t18-/m0/s1. The van der Waals surface area contributed by atoms with Crippen LogP contribution in [0.25, 0.3) is 0 Å². The Bertz CT molecular complexity index is 715. The van der Waals surface area contributed by atoms with Gasteiger partial charge in [0, 0.05) is 11.1 Å². The number of ketones is 1. The summed E-state index contributed by atoms with van der Waals surface area (Å²) in [5, 5.41) is 13.0. The summed E-state index contributed by atoms with van der Waals surface area (Å²) >= 11 is 0. The molecule has 0 saturated carbocycles. The van der Waals surface area contributed by atoms with Crippen LogP contribution in [0.1, 0.15) is 48.7 Å². The molecule has 0 saturated heterocycles. The van der Waals surface area contributed by atoms with E-state index in [1.807, 2.05) is 42.5 Å². The predicted molar refractivity (Wildman–Crippen MR) is 95.0 cm³/mol. The minimum absolute atomic E-state index is 0.0125. The average molecular weight is 339 g/mol. The van der Waals surface area contributed by atoms with Gasteiger partial charge in [0.05, 0.1) is 12.4 Å². The largest absolute Gasteiger partial charge is 0.544 e. The van der Waals surface area contributed by atoms with Crippen molar-refractivity contribution in [3.63, 3.8) is 0 Å². The van der Waals surface area contributed by atoms with Gasteiger partial charge in [-0.3, -0.25) is 4.79 Å². The van der Waals surface area contributed by atoms with Crippen LogP contribution >= 0.6 is 0 Å². The van der Waals surface area contributed by atoms with Gasteiger partial charge in [-0.15, -0.1) is 0 Å². The van der Waals surface area contributed by atoms with E-state index in [1.165, 1.54) is 0 Å². The third kappa shape index (κ3) is 5.54. The third-order valence-electron chi connectivity index (χ3n) is 4.26. The van der Waals surface area contributed by atoms with E-state index in [2.05, 4.69) is 20.8 Å². The molecule has 2 rings (SSSR count). The zero-order valence-electron chi connectivity index (χ0n) is 15.0. The summed E-state index contributed by atoms with van der Waals surface area (Å²) < 4.78 is 0.